The van der Waals surface area contributed by atoms with Crippen LogP contribution >= 0.6 is 18.9 Å². The van der Waals surface area contributed by atoms with Crippen LogP contribution in [0.2, 0.25) is 0 Å². The zero-order valence-electron chi connectivity index (χ0n) is 10.1. The summed E-state index contributed by atoms with van der Waals surface area (Å²) in [6.07, 6.45) is 4.00. The SMILES string of the molecule is CC1(C)CCCC(C)(C)N1.[Li][Cl].[Mg+2][Cl]. The number of hydrogen-bond donors (Lipinski definition) is 1. The Morgan fingerprint density at radius 2 is 1.29 bits per heavy atom. The second-order valence-electron chi connectivity index (χ2n) is 4.75. The topological polar surface area (TPSA) is 12.0 Å². The molecule has 0 aromatic rings. The predicted octanol–water partition coefficient (Wildman–Crippen LogP) is 2.93. The van der Waals surface area contributed by atoms with Gasteiger partial charge in [0.1, 0.15) is 0 Å². The predicted molar refractivity (Wildman–Crippen MR) is 68.4 cm³/mol. The third kappa shape index (κ3) is 9.15. The van der Waals surface area contributed by atoms with Crippen molar-refractivity contribution in [3.8, 4) is 0 Å². The molecule has 1 rings (SSSR count). The minimum absolute atomic E-state index is 0.363. The maximum atomic E-state index is 4.67. The third-order valence-corrected chi connectivity index (χ3v) is 2.28. The van der Waals surface area contributed by atoms with Crippen molar-refractivity contribution in [1.29, 1.82) is 0 Å². The van der Waals surface area contributed by atoms with E-state index in [1.54, 1.807) is 0 Å². The minimum atomic E-state index is 0.363. The second-order valence-corrected chi connectivity index (χ2v) is 4.75. The zero-order valence-corrected chi connectivity index (χ0v) is 13.0. The smallest absolute Gasteiger partial charge is 0.410 e. The summed E-state index contributed by atoms with van der Waals surface area (Å²) in [5.74, 6) is 0. The summed E-state index contributed by atoms with van der Waals surface area (Å²) in [5.41, 5.74) is 0.726. The number of hydrogen-bond acceptors (Lipinski definition) is 1. The van der Waals surface area contributed by atoms with Crippen LogP contribution in [0.4, 0.5) is 0 Å². The average molecular weight is 243 g/mol. The van der Waals surface area contributed by atoms with Crippen molar-refractivity contribution in [3.05, 3.63) is 0 Å². The van der Waals surface area contributed by atoms with E-state index in [0.29, 0.717) is 11.1 Å². The quantitative estimate of drug-likeness (QED) is 0.645. The molecule has 0 unspecified atom stereocenters. The van der Waals surface area contributed by atoms with Crippen molar-refractivity contribution in [1.82, 2.24) is 5.32 Å². The molecule has 1 aliphatic rings. The monoisotopic (exact) mass is 242 g/mol. The van der Waals surface area contributed by atoms with Crippen LogP contribution in [0.3, 0.4) is 0 Å². The average Bonchev–Trinajstić information content (AvgIpc) is 2.07. The normalized spacial score (nSPS) is 22.4. The van der Waals surface area contributed by atoms with Gasteiger partial charge in [0.25, 0.3) is 0 Å². The van der Waals surface area contributed by atoms with Gasteiger partial charge in [-0.2, -0.15) is 0 Å². The van der Waals surface area contributed by atoms with E-state index in [1.807, 2.05) is 0 Å². The molecule has 5 heteroatoms. The van der Waals surface area contributed by atoms with Crippen LogP contribution in [-0.4, -0.2) is 48.4 Å². The van der Waals surface area contributed by atoms with Gasteiger partial charge in [0.2, 0.25) is 0 Å². The van der Waals surface area contributed by atoms with Gasteiger partial charge in [-0.25, -0.2) is 0 Å². The summed E-state index contributed by atoms with van der Waals surface area (Å²) in [4.78, 5) is 0. The molecule has 0 amide bonds. The van der Waals surface area contributed by atoms with Crippen molar-refractivity contribution in [3.63, 3.8) is 0 Å². The maximum absolute atomic E-state index is 4.67. The van der Waals surface area contributed by atoms with Gasteiger partial charge in [0.05, 0.1) is 0 Å². The first-order valence-electron chi connectivity index (χ1n) is 4.85. The second kappa shape index (κ2) is 8.99. The van der Waals surface area contributed by atoms with Crippen LogP contribution in [0.5, 0.6) is 0 Å². The van der Waals surface area contributed by atoms with E-state index in [-0.39, 0.29) is 0 Å². The van der Waals surface area contributed by atoms with Crippen molar-refractivity contribution >= 4 is 56.2 Å². The molecule has 0 aromatic carbocycles. The van der Waals surface area contributed by atoms with E-state index < -0.39 is 0 Å². The molecule has 1 fully saturated rings. The molecule has 14 heavy (non-hydrogen) atoms. The van der Waals surface area contributed by atoms with Crippen molar-refractivity contribution in [2.24, 2.45) is 0 Å². The molecule has 0 bridgehead atoms. The molecule has 75 valence electrons. The minimum Gasteiger partial charge on any atom is 0.410 e. The number of nitrogens with one attached hydrogen (secondary N) is 1. The summed E-state index contributed by atoms with van der Waals surface area (Å²) < 4.78 is 0. The summed E-state index contributed by atoms with van der Waals surface area (Å²) in [5, 5.41) is 3.63. The first kappa shape index (κ1) is 18.3. The van der Waals surface area contributed by atoms with Crippen molar-refractivity contribution in [2.45, 2.75) is 58.0 Å². The van der Waals surface area contributed by atoms with Crippen LogP contribution in [0, 0.1) is 0 Å². The first-order chi connectivity index (χ1) is 6.41. The molecule has 1 nitrogen and oxygen atoms in total. The molecule has 1 heterocycles. The Morgan fingerprint density at radius 1 is 1.00 bits per heavy atom. The van der Waals surface area contributed by atoms with E-state index in [1.165, 1.54) is 56.6 Å². The molecular formula is C9H19Cl2LiMgN+2. The Bertz CT molecular complexity index is 129. The summed E-state index contributed by atoms with van der Waals surface area (Å²) in [6, 6.07) is 0. The number of piperidine rings is 1. The van der Waals surface area contributed by atoms with Gasteiger partial charge >= 0.3 is 56.2 Å². The van der Waals surface area contributed by atoms with E-state index in [2.05, 4.69) is 51.9 Å². The van der Waals surface area contributed by atoms with Gasteiger partial charge in [-0.05, 0) is 47.0 Å². The Hall–Kier alpha value is 1.90. The Balaban J connectivity index is 0. The zero-order chi connectivity index (χ0) is 11.8. The molecule has 0 spiro atoms. The van der Waals surface area contributed by atoms with Crippen LogP contribution in [-0.2, 0) is 0 Å². The molecule has 1 N–H and O–H groups in total. The fraction of sp³-hybridized carbons (Fsp3) is 1.00. The van der Waals surface area contributed by atoms with Gasteiger partial charge < -0.3 is 5.32 Å². The van der Waals surface area contributed by atoms with Crippen LogP contribution in [0.25, 0.3) is 0 Å². The van der Waals surface area contributed by atoms with Gasteiger partial charge in [-0.15, -0.1) is 0 Å². The van der Waals surface area contributed by atoms with Gasteiger partial charge in [0, 0.05) is 11.1 Å². The van der Waals surface area contributed by atoms with Crippen LogP contribution < -0.4 is 5.32 Å². The van der Waals surface area contributed by atoms with E-state index >= 15 is 0 Å². The summed E-state index contributed by atoms with van der Waals surface area (Å²) in [6.45, 7) is 9.14. The largest absolute Gasteiger partial charge is 1.59 e. The van der Waals surface area contributed by atoms with Crippen LogP contribution in [0.15, 0.2) is 0 Å². The molecule has 7 radical (unpaired) electrons. The molecule has 1 saturated heterocycles. The summed E-state index contributed by atoms with van der Waals surface area (Å²) >= 11 is 2.81. The van der Waals surface area contributed by atoms with E-state index in [9.17, 15) is 0 Å². The van der Waals surface area contributed by atoms with Gasteiger partial charge in [0.15, 0.2) is 0 Å². The van der Waals surface area contributed by atoms with Crippen LogP contribution in [0.1, 0.15) is 47.0 Å². The number of rotatable bonds is 0. The van der Waals surface area contributed by atoms with E-state index in [4.69, 9.17) is 0 Å². The van der Waals surface area contributed by atoms with Gasteiger partial charge in [-0.3, -0.25) is 0 Å². The molecule has 0 atom stereocenters. The molecule has 1 aliphatic heterocycles. The maximum Gasteiger partial charge on any atom is 1.59 e. The van der Waals surface area contributed by atoms with E-state index in [0.717, 1.165) is 0 Å². The van der Waals surface area contributed by atoms with Crippen molar-refractivity contribution < 1.29 is 0 Å². The first-order valence-corrected chi connectivity index (χ1v) is 7.75. The summed E-state index contributed by atoms with van der Waals surface area (Å²) in [7, 11) is 9.31. The molecular weight excluding hydrogens is 224 g/mol. The van der Waals surface area contributed by atoms with Crippen molar-refractivity contribution in [2.75, 3.05) is 0 Å². The molecule has 0 aromatic heterocycles. The Morgan fingerprint density at radius 3 is 1.43 bits per heavy atom. The fourth-order valence-electron chi connectivity index (χ4n) is 2.01. The fourth-order valence-corrected chi connectivity index (χ4v) is 2.01. The molecule has 0 saturated carbocycles. The van der Waals surface area contributed by atoms with Gasteiger partial charge in [-0.1, -0.05) is 0 Å². The standard InChI is InChI=1S/C9H19N.2ClH.Li.Mg/c1-8(2)6-5-7-9(3,4)10-8;;;;/h10H,5-7H2,1-4H3;2*1H;;/q;;;+1;+3/p-2. The Kier molecular flexibility index (Phi) is 11.7. The Labute approximate surface area is 119 Å². The number of halogens is 2. The third-order valence-electron chi connectivity index (χ3n) is 2.28. The molecule has 0 aliphatic carbocycles.